The number of nitriles is 1. The highest BCUT2D eigenvalue weighted by Crippen LogP contribution is 2.35. The summed E-state index contributed by atoms with van der Waals surface area (Å²) < 4.78 is 2.11. The smallest absolute Gasteiger partial charge is 0.225 e. The molecule has 0 atom stereocenters. The molecule has 0 unspecified atom stereocenters. The van der Waals surface area contributed by atoms with Crippen LogP contribution in [-0.2, 0) is 11.3 Å². The van der Waals surface area contributed by atoms with Crippen molar-refractivity contribution < 1.29 is 9.59 Å². The van der Waals surface area contributed by atoms with Crippen molar-refractivity contribution in [3.63, 3.8) is 0 Å². The molecule has 4 rings (SSSR count). The lowest BCUT2D eigenvalue weighted by atomic mass is 9.97. The summed E-state index contributed by atoms with van der Waals surface area (Å²) in [6.45, 7) is 6.57. The van der Waals surface area contributed by atoms with Crippen LogP contribution in [0.2, 0.25) is 0 Å². The van der Waals surface area contributed by atoms with Gasteiger partial charge in [-0.15, -0.1) is 11.3 Å². The average Bonchev–Trinajstić information content (AvgIpc) is 3.45. The van der Waals surface area contributed by atoms with Crippen molar-refractivity contribution in [3.05, 3.63) is 76.8 Å². The van der Waals surface area contributed by atoms with Crippen molar-refractivity contribution >= 4 is 45.1 Å². The van der Waals surface area contributed by atoms with Gasteiger partial charge in [-0.25, -0.2) is 4.98 Å². The number of benzene rings is 2. The molecule has 34 heavy (non-hydrogen) atoms. The molecule has 0 aliphatic rings. The molecule has 7 heteroatoms. The van der Waals surface area contributed by atoms with Gasteiger partial charge in [-0.3, -0.25) is 14.5 Å². The van der Waals surface area contributed by atoms with Crippen LogP contribution in [0.1, 0.15) is 36.8 Å². The van der Waals surface area contributed by atoms with Crippen LogP contribution in [0, 0.1) is 11.3 Å². The third-order valence-electron chi connectivity index (χ3n) is 5.66. The molecule has 6 nitrogen and oxygen atoms in total. The lowest BCUT2D eigenvalue weighted by Crippen LogP contribution is -2.27. The fraction of sp³-hybridized carbons (Fsp3) is 0.185. The molecule has 0 spiro atoms. The van der Waals surface area contributed by atoms with E-state index >= 15 is 0 Å². The largest absolute Gasteiger partial charge is 0.340 e. The van der Waals surface area contributed by atoms with Gasteiger partial charge in [-0.05, 0) is 31.6 Å². The second-order valence-electron chi connectivity index (χ2n) is 7.67. The summed E-state index contributed by atoms with van der Waals surface area (Å²) in [6, 6.07) is 19.6. The highest BCUT2D eigenvalue weighted by atomic mass is 32.1. The Morgan fingerprint density at radius 3 is 2.47 bits per heavy atom. The van der Waals surface area contributed by atoms with Crippen LogP contribution in [-0.4, -0.2) is 27.8 Å². The molecular weight excluding hydrogens is 444 g/mol. The van der Waals surface area contributed by atoms with Gasteiger partial charge in [-0.1, -0.05) is 48.5 Å². The van der Waals surface area contributed by atoms with E-state index in [1.165, 1.54) is 24.3 Å². The van der Waals surface area contributed by atoms with Crippen LogP contribution in [0.5, 0.6) is 0 Å². The van der Waals surface area contributed by atoms with Gasteiger partial charge < -0.3 is 4.57 Å². The highest BCUT2D eigenvalue weighted by molar-refractivity contribution is 7.14. The predicted molar refractivity (Wildman–Crippen MR) is 137 cm³/mol. The Bertz CT molecular complexity index is 1440. The average molecular weight is 469 g/mol. The van der Waals surface area contributed by atoms with Gasteiger partial charge in [0.15, 0.2) is 5.13 Å². The molecule has 4 aromatic rings. The van der Waals surface area contributed by atoms with E-state index in [4.69, 9.17) is 0 Å². The van der Waals surface area contributed by atoms with Gasteiger partial charge in [0, 0.05) is 36.3 Å². The van der Waals surface area contributed by atoms with Gasteiger partial charge in [0.1, 0.15) is 11.6 Å². The number of amides is 1. The predicted octanol–water partition coefficient (Wildman–Crippen LogP) is 5.95. The monoisotopic (exact) mass is 468 g/mol. The molecule has 170 valence electrons. The van der Waals surface area contributed by atoms with Gasteiger partial charge in [0.05, 0.1) is 17.0 Å². The number of thiazole rings is 1. The van der Waals surface area contributed by atoms with Gasteiger partial charge in [0.2, 0.25) is 11.7 Å². The Balaban J connectivity index is 1.86. The minimum atomic E-state index is -0.349. The molecule has 2 aromatic heterocycles. The highest BCUT2D eigenvalue weighted by Gasteiger charge is 2.25. The zero-order chi connectivity index (χ0) is 24.2. The number of aromatic nitrogens is 2. The minimum absolute atomic E-state index is 0.00101. The van der Waals surface area contributed by atoms with Crippen molar-refractivity contribution in [2.45, 2.75) is 27.3 Å². The van der Waals surface area contributed by atoms with Crippen LogP contribution in [0.15, 0.2) is 65.6 Å². The van der Waals surface area contributed by atoms with Gasteiger partial charge in [0.25, 0.3) is 0 Å². The summed E-state index contributed by atoms with van der Waals surface area (Å²) in [7, 11) is 0. The fourth-order valence-electron chi connectivity index (χ4n) is 4.15. The molecule has 1 amide bonds. The van der Waals surface area contributed by atoms with Crippen molar-refractivity contribution in [2.24, 2.45) is 0 Å². The summed E-state index contributed by atoms with van der Waals surface area (Å²) in [4.78, 5) is 31.7. The number of nitrogens with zero attached hydrogens (tertiary/aromatic N) is 4. The molecular formula is C27H24N4O2S. The third kappa shape index (κ3) is 4.16. The van der Waals surface area contributed by atoms with E-state index in [0.717, 1.165) is 22.2 Å². The first-order valence-electron chi connectivity index (χ1n) is 11.1. The molecule has 2 heterocycles. The molecule has 0 radical (unpaired) electrons. The first kappa shape index (κ1) is 23.1. The summed E-state index contributed by atoms with van der Waals surface area (Å²) in [6.07, 6.45) is 1.50. The number of allylic oxidation sites excluding steroid dienone is 1. The number of fused-ring (bicyclic) bond motifs is 1. The maximum Gasteiger partial charge on any atom is 0.225 e. The normalized spacial score (nSPS) is 11.4. The molecule has 0 aliphatic heterocycles. The number of aryl methyl sites for hydroxylation is 1. The van der Waals surface area contributed by atoms with Crippen molar-refractivity contribution in [1.29, 1.82) is 5.26 Å². The summed E-state index contributed by atoms with van der Waals surface area (Å²) in [5, 5.41) is 13.0. The van der Waals surface area contributed by atoms with Crippen LogP contribution < -0.4 is 4.90 Å². The molecule has 0 saturated heterocycles. The van der Waals surface area contributed by atoms with E-state index in [0.29, 0.717) is 29.5 Å². The Morgan fingerprint density at radius 2 is 1.82 bits per heavy atom. The number of rotatable bonds is 7. The number of carbonyl (C=O) groups is 2. The summed E-state index contributed by atoms with van der Waals surface area (Å²) >= 11 is 1.31. The second-order valence-corrected chi connectivity index (χ2v) is 8.50. The Labute approximate surface area is 202 Å². The summed E-state index contributed by atoms with van der Waals surface area (Å²) in [5.41, 5.74) is 3.63. The van der Waals surface area contributed by atoms with E-state index in [2.05, 4.69) is 15.6 Å². The van der Waals surface area contributed by atoms with Crippen molar-refractivity contribution in [1.82, 2.24) is 9.55 Å². The number of anilines is 1. The fourth-order valence-corrected chi connectivity index (χ4v) is 5.04. The number of Topliss-reactive ketones (excluding diaryl/α,β-unsaturated/α-hetero) is 1. The van der Waals surface area contributed by atoms with Crippen LogP contribution in [0.4, 0.5) is 5.13 Å². The molecule has 2 aromatic carbocycles. The van der Waals surface area contributed by atoms with Crippen LogP contribution >= 0.6 is 11.3 Å². The Hall–Kier alpha value is -4.02. The van der Waals surface area contributed by atoms with Crippen molar-refractivity contribution in [2.75, 3.05) is 11.4 Å². The third-order valence-corrected chi connectivity index (χ3v) is 6.54. The van der Waals surface area contributed by atoms with Gasteiger partial charge >= 0.3 is 0 Å². The first-order chi connectivity index (χ1) is 16.5. The number of ketones is 1. The Morgan fingerprint density at radius 1 is 1.12 bits per heavy atom. The molecule has 0 saturated carbocycles. The standard InChI is InChI=1S/C27H24N4O2S/c1-4-30(18(3)32)27-29-21(17-34-27)15-20(16-28)26(33)24-22-13-9-10-14-23(22)31(5-2)25(24)19-11-7-6-8-12-19/h6-15,17H,4-5H2,1-3H3/b20-15+. The molecule has 0 bridgehead atoms. The molecule has 0 aliphatic carbocycles. The number of hydrogen-bond acceptors (Lipinski definition) is 5. The second kappa shape index (κ2) is 9.86. The molecule has 0 N–H and O–H groups in total. The minimum Gasteiger partial charge on any atom is -0.340 e. The maximum absolute atomic E-state index is 13.8. The molecule has 0 fully saturated rings. The Kier molecular flexibility index (Phi) is 6.71. The lowest BCUT2D eigenvalue weighted by molar-refractivity contribution is -0.116. The summed E-state index contributed by atoms with van der Waals surface area (Å²) in [5.74, 6) is -0.456. The van der Waals surface area contributed by atoms with E-state index in [9.17, 15) is 14.9 Å². The topological polar surface area (TPSA) is 79.0 Å². The van der Waals surface area contributed by atoms with Crippen molar-refractivity contribution in [3.8, 4) is 17.3 Å². The quantitative estimate of drug-likeness (QED) is 0.191. The lowest BCUT2D eigenvalue weighted by Gasteiger charge is -2.14. The van der Waals surface area contributed by atoms with Crippen LogP contribution in [0.25, 0.3) is 28.2 Å². The first-order valence-corrected chi connectivity index (χ1v) is 11.9. The zero-order valence-electron chi connectivity index (χ0n) is 19.3. The number of carbonyl (C=O) groups excluding carboxylic acids is 2. The van der Waals surface area contributed by atoms with E-state index in [1.54, 1.807) is 10.3 Å². The zero-order valence-corrected chi connectivity index (χ0v) is 20.1. The SMILES string of the molecule is CCN(C(C)=O)c1nc(/C=C(\C#N)C(=O)c2c(-c3ccccc3)n(CC)c3ccccc23)cs1. The van der Waals surface area contributed by atoms with E-state index in [1.807, 2.05) is 68.4 Å². The van der Waals surface area contributed by atoms with E-state index in [-0.39, 0.29) is 17.3 Å². The van der Waals surface area contributed by atoms with Crippen LogP contribution in [0.3, 0.4) is 0 Å². The maximum atomic E-state index is 13.8. The number of hydrogen-bond donors (Lipinski definition) is 0. The van der Waals surface area contributed by atoms with Gasteiger partial charge in [-0.2, -0.15) is 5.26 Å². The van der Waals surface area contributed by atoms with E-state index < -0.39 is 0 Å². The number of para-hydroxylation sites is 1.